The monoisotopic (exact) mass is 657 g/mol. The molecule has 4 aromatic rings. The van der Waals surface area contributed by atoms with Crippen LogP contribution < -0.4 is 19.1 Å². The predicted molar refractivity (Wildman–Crippen MR) is 184 cm³/mol. The summed E-state index contributed by atoms with van der Waals surface area (Å²) in [7, 11) is -1.40. The lowest BCUT2D eigenvalue weighted by atomic mass is 10.0. The zero-order chi connectivity index (χ0) is 34.0. The second-order valence-electron chi connectivity index (χ2n) is 11.4. The number of anilines is 1. The molecule has 4 rings (SSSR count). The fourth-order valence-electron chi connectivity index (χ4n) is 5.27. The van der Waals surface area contributed by atoms with E-state index in [2.05, 4.69) is 5.32 Å². The lowest BCUT2D eigenvalue weighted by Gasteiger charge is -2.34. The molecule has 2 amide bonds. The molecule has 1 N–H and O–H groups in total. The highest BCUT2D eigenvalue weighted by atomic mass is 32.2. The minimum atomic E-state index is -4.31. The minimum Gasteiger partial charge on any atom is -0.497 e. The van der Waals surface area contributed by atoms with Gasteiger partial charge in [0.05, 0.1) is 24.8 Å². The van der Waals surface area contributed by atoms with Gasteiger partial charge in [-0.25, -0.2) is 8.42 Å². The largest absolute Gasteiger partial charge is 0.497 e. The molecule has 0 fully saturated rings. The molecule has 0 saturated heterocycles. The Balaban J connectivity index is 1.86. The van der Waals surface area contributed by atoms with Crippen molar-refractivity contribution in [2.45, 2.75) is 51.1 Å². The average molecular weight is 658 g/mol. The molecule has 0 aliphatic carbocycles. The number of methoxy groups -OCH3 is 2. The molecule has 0 unspecified atom stereocenters. The zero-order valence-electron chi connectivity index (χ0n) is 27.6. The Labute approximate surface area is 278 Å². The van der Waals surface area contributed by atoms with Gasteiger partial charge in [0.15, 0.2) is 0 Å². The van der Waals surface area contributed by atoms with E-state index in [0.717, 1.165) is 26.6 Å². The number of carbonyl (C=O) groups is 2. The van der Waals surface area contributed by atoms with Gasteiger partial charge in [-0.15, -0.1) is 0 Å². The van der Waals surface area contributed by atoms with E-state index in [9.17, 15) is 18.0 Å². The summed E-state index contributed by atoms with van der Waals surface area (Å²) in [6.07, 6.45) is 0.953. The third kappa shape index (κ3) is 8.92. The highest BCUT2D eigenvalue weighted by molar-refractivity contribution is 7.92. The summed E-state index contributed by atoms with van der Waals surface area (Å²) < 4.78 is 40.8. The number of sulfonamides is 1. The predicted octanol–water partition coefficient (Wildman–Crippen LogP) is 5.68. The maximum Gasteiger partial charge on any atom is 0.264 e. The fraction of sp³-hybridized carbons (Fsp3) is 0.297. The third-order valence-corrected chi connectivity index (χ3v) is 9.57. The fourth-order valence-corrected chi connectivity index (χ4v) is 6.69. The summed E-state index contributed by atoms with van der Waals surface area (Å²) in [6, 6.07) is 27.4. The van der Waals surface area contributed by atoms with Gasteiger partial charge >= 0.3 is 0 Å². The van der Waals surface area contributed by atoms with Crippen LogP contribution in [0.25, 0.3) is 0 Å². The highest BCUT2D eigenvalue weighted by Gasteiger charge is 2.35. The Kier molecular flexibility index (Phi) is 12.0. The van der Waals surface area contributed by atoms with E-state index in [-0.39, 0.29) is 35.2 Å². The molecule has 9 nitrogen and oxygen atoms in total. The second-order valence-corrected chi connectivity index (χ2v) is 13.2. The lowest BCUT2D eigenvalue weighted by Crippen LogP contribution is -2.53. The van der Waals surface area contributed by atoms with Crippen molar-refractivity contribution in [1.82, 2.24) is 10.2 Å². The average Bonchev–Trinajstić information content (AvgIpc) is 3.07. The van der Waals surface area contributed by atoms with Gasteiger partial charge in [-0.3, -0.25) is 13.9 Å². The van der Waals surface area contributed by atoms with Crippen LogP contribution >= 0.6 is 0 Å². The topological polar surface area (TPSA) is 105 Å². The Bertz CT molecular complexity index is 1760. The Morgan fingerprint density at radius 1 is 0.809 bits per heavy atom. The molecule has 248 valence electrons. The van der Waals surface area contributed by atoms with E-state index in [1.807, 2.05) is 75.4 Å². The number of nitrogens with zero attached hydrogens (tertiary/aromatic N) is 2. The first kappa shape index (κ1) is 35.0. The van der Waals surface area contributed by atoms with E-state index in [0.29, 0.717) is 18.7 Å². The molecular weight excluding hydrogens is 614 g/mol. The smallest absolute Gasteiger partial charge is 0.264 e. The maximum atomic E-state index is 14.7. The first-order valence-electron chi connectivity index (χ1n) is 15.6. The van der Waals surface area contributed by atoms with Crippen LogP contribution in [0.2, 0.25) is 0 Å². The number of carbonyl (C=O) groups excluding carboxylic acids is 2. The molecule has 0 aliphatic rings. The van der Waals surface area contributed by atoms with Crippen molar-refractivity contribution in [2.75, 3.05) is 31.6 Å². The Morgan fingerprint density at radius 2 is 1.51 bits per heavy atom. The van der Waals surface area contributed by atoms with Crippen molar-refractivity contribution in [3.05, 3.63) is 119 Å². The Hall–Kier alpha value is -4.83. The van der Waals surface area contributed by atoms with Crippen LogP contribution in [0.1, 0.15) is 35.6 Å². The Morgan fingerprint density at radius 3 is 2.15 bits per heavy atom. The summed E-state index contributed by atoms with van der Waals surface area (Å²) in [6.45, 7) is 5.70. The third-order valence-electron chi connectivity index (χ3n) is 7.80. The first-order valence-corrected chi connectivity index (χ1v) is 17.0. The summed E-state index contributed by atoms with van der Waals surface area (Å²) >= 11 is 0. The van der Waals surface area contributed by atoms with Crippen LogP contribution in [0, 0.1) is 13.8 Å². The van der Waals surface area contributed by atoms with Crippen molar-refractivity contribution in [1.29, 1.82) is 0 Å². The van der Waals surface area contributed by atoms with Gasteiger partial charge in [0.25, 0.3) is 10.0 Å². The van der Waals surface area contributed by atoms with Crippen LogP contribution in [0.3, 0.4) is 0 Å². The normalized spacial score (nSPS) is 11.8. The molecular formula is C37H43N3O6S. The van der Waals surface area contributed by atoms with Crippen molar-refractivity contribution < 1.29 is 27.5 Å². The van der Waals surface area contributed by atoms with E-state index in [1.165, 1.54) is 37.3 Å². The molecule has 0 radical (unpaired) electrons. The van der Waals surface area contributed by atoms with E-state index in [1.54, 1.807) is 24.3 Å². The van der Waals surface area contributed by atoms with Crippen molar-refractivity contribution in [3.8, 4) is 11.5 Å². The second kappa shape index (κ2) is 16.1. The molecule has 0 spiro atoms. The molecule has 1 atom stereocenters. The van der Waals surface area contributed by atoms with Gasteiger partial charge in [-0.1, -0.05) is 84.8 Å². The van der Waals surface area contributed by atoms with Crippen LogP contribution in [-0.4, -0.2) is 58.5 Å². The molecule has 10 heteroatoms. The summed E-state index contributed by atoms with van der Waals surface area (Å²) in [5.41, 5.74) is 3.69. The van der Waals surface area contributed by atoms with Crippen molar-refractivity contribution in [3.63, 3.8) is 0 Å². The van der Waals surface area contributed by atoms with Gasteiger partial charge in [-0.05, 0) is 55.7 Å². The van der Waals surface area contributed by atoms with Gasteiger partial charge in [0.2, 0.25) is 11.8 Å². The molecule has 0 heterocycles. The minimum absolute atomic E-state index is 0.00697. The van der Waals surface area contributed by atoms with Crippen LogP contribution in [0.5, 0.6) is 11.5 Å². The molecule has 0 saturated carbocycles. The number of amides is 2. The zero-order valence-corrected chi connectivity index (χ0v) is 28.4. The van der Waals surface area contributed by atoms with E-state index in [4.69, 9.17) is 9.47 Å². The number of aryl methyl sites for hydroxylation is 2. The first-order chi connectivity index (χ1) is 22.6. The number of nitrogens with one attached hydrogen (secondary N) is 1. The molecule has 4 aromatic carbocycles. The number of hydrogen-bond donors (Lipinski definition) is 1. The highest BCUT2D eigenvalue weighted by Crippen LogP contribution is 2.36. The van der Waals surface area contributed by atoms with Crippen LogP contribution in [0.15, 0.2) is 102 Å². The van der Waals surface area contributed by atoms with Crippen molar-refractivity contribution >= 4 is 27.5 Å². The lowest BCUT2D eigenvalue weighted by molar-refractivity contribution is -0.140. The van der Waals surface area contributed by atoms with Crippen LogP contribution in [-0.2, 0) is 32.6 Å². The van der Waals surface area contributed by atoms with E-state index < -0.39 is 28.5 Å². The van der Waals surface area contributed by atoms with Crippen LogP contribution in [0.4, 0.5) is 5.69 Å². The maximum absolute atomic E-state index is 14.7. The summed E-state index contributed by atoms with van der Waals surface area (Å²) in [4.78, 5) is 30.0. The number of benzene rings is 4. The molecule has 47 heavy (non-hydrogen) atoms. The SMILES string of the molecule is CCCNC(=O)[C@H](Cc1ccccc1)N(Cc1cccc(C)c1)C(=O)CN(c1cc(OC)ccc1OC)S(=O)(=O)c1ccc(C)cc1. The molecule has 0 bridgehead atoms. The van der Waals surface area contributed by atoms with Gasteiger partial charge in [-0.2, -0.15) is 0 Å². The van der Waals surface area contributed by atoms with Gasteiger partial charge in [0, 0.05) is 25.6 Å². The number of ether oxygens (including phenoxy) is 2. The summed E-state index contributed by atoms with van der Waals surface area (Å²) in [5, 5.41) is 2.96. The standard InChI is InChI=1S/C37H43N3O6S/c1-6-21-38-37(42)34(23-29-12-8-7-9-13-29)39(25-30-14-10-11-28(3)22-30)36(41)26-40(33-24-31(45-4)17-20-35(33)46-5)47(43,44)32-18-15-27(2)16-19-32/h7-20,22,24,34H,6,21,23,25-26H2,1-5H3,(H,38,42)/t34-/m0/s1. The summed E-state index contributed by atoms with van der Waals surface area (Å²) in [5.74, 6) is -0.251. The quantitative estimate of drug-likeness (QED) is 0.176. The van der Waals surface area contributed by atoms with Crippen molar-refractivity contribution in [2.24, 2.45) is 0 Å². The molecule has 0 aliphatic heterocycles. The van der Waals surface area contributed by atoms with Gasteiger partial charge < -0.3 is 19.7 Å². The van der Waals surface area contributed by atoms with Gasteiger partial charge in [0.1, 0.15) is 24.1 Å². The van der Waals surface area contributed by atoms with E-state index >= 15 is 0 Å². The molecule has 0 aromatic heterocycles. The number of rotatable bonds is 15. The number of hydrogen-bond acceptors (Lipinski definition) is 6.